The average molecular weight is 206 g/mol. The van der Waals surface area contributed by atoms with Crippen LogP contribution in [0.2, 0.25) is 0 Å². The van der Waals surface area contributed by atoms with E-state index >= 15 is 0 Å². The lowest BCUT2D eigenvalue weighted by molar-refractivity contribution is -0.139. The standard InChI is InChI=1S/C12H14O3/c1-9-5-3-4-6-11(9)8-15-12(14)7-10(2)13/h3-7,13H,8H2,1-2H3/b10-7-. The second-order valence-corrected chi connectivity index (χ2v) is 3.32. The highest BCUT2D eigenvalue weighted by molar-refractivity contribution is 5.82. The average Bonchev–Trinajstić information content (AvgIpc) is 2.15. The lowest BCUT2D eigenvalue weighted by Crippen LogP contribution is -2.02. The minimum absolute atomic E-state index is 0.0511. The molecule has 15 heavy (non-hydrogen) atoms. The highest BCUT2D eigenvalue weighted by atomic mass is 16.5. The second-order valence-electron chi connectivity index (χ2n) is 3.32. The van der Waals surface area contributed by atoms with Gasteiger partial charge in [0.2, 0.25) is 0 Å². The molecule has 0 aliphatic heterocycles. The van der Waals surface area contributed by atoms with Crippen LogP contribution >= 0.6 is 0 Å². The molecular weight excluding hydrogens is 192 g/mol. The zero-order valence-corrected chi connectivity index (χ0v) is 8.86. The Balaban J connectivity index is 2.55. The van der Waals surface area contributed by atoms with Crippen LogP contribution in [-0.2, 0) is 16.1 Å². The fourth-order valence-corrected chi connectivity index (χ4v) is 1.13. The number of aliphatic hydroxyl groups excluding tert-OH is 1. The molecule has 0 fully saturated rings. The van der Waals surface area contributed by atoms with Crippen LogP contribution in [0.3, 0.4) is 0 Å². The van der Waals surface area contributed by atoms with Crippen LogP contribution in [0.1, 0.15) is 18.1 Å². The van der Waals surface area contributed by atoms with Gasteiger partial charge < -0.3 is 9.84 Å². The molecule has 0 amide bonds. The summed E-state index contributed by atoms with van der Waals surface area (Å²) in [5.41, 5.74) is 2.05. The van der Waals surface area contributed by atoms with Crippen molar-refractivity contribution in [2.24, 2.45) is 0 Å². The van der Waals surface area contributed by atoms with Crippen molar-refractivity contribution in [2.45, 2.75) is 20.5 Å². The van der Waals surface area contributed by atoms with Crippen molar-refractivity contribution in [3.8, 4) is 0 Å². The number of allylic oxidation sites excluding steroid dienone is 1. The molecule has 80 valence electrons. The van der Waals surface area contributed by atoms with E-state index in [2.05, 4.69) is 0 Å². The van der Waals surface area contributed by atoms with Crippen LogP contribution in [-0.4, -0.2) is 11.1 Å². The van der Waals surface area contributed by atoms with E-state index in [1.807, 2.05) is 31.2 Å². The molecule has 0 heterocycles. The van der Waals surface area contributed by atoms with Gasteiger partial charge in [0.05, 0.1) is 11.8 Å². The fraction of sp³-hybridized carbons (Fsp3) is 0.250. The molecule has 1 N–H and O–H groups in total. The van der Waals surface area contributed by atoms with Crippen molar-refractivity contribution >= 4 is 5.97 Å². The number of carbonyl (C=O) groups excluding carboxylic acids is 1. The van der Waals surface area contributed by atoms with E-state index in [1.54, 1.807) is 0 Å². The minimum atomic E-state index is -0.529. The number of hydrogen-bond donors (Lipinski definition) is 1. The number of hydrogen-bond acceptors (Lipinski definition) is 3. The normalized spacial score (nSPS) is 11.2. The van der Waals surface area contributed by atoms with E-state index in [1.165, 1.54) is 6.92 Å². The van der Waals surface area contributed by atoms with Gasteiger partial charge in [-0.3, -0.25) is 0 Å². The number of aryl methyl sites for hydroxylation is 1. The van der Waals surface area contributed by atoms with Gasteiger partial charge in [-0.1, -0.05) is 24.3 Å². The number of aliphatic hydroxyl groups is 1. The van der Waals surface area contributed by atoms with Gasteiger partial charge in [-0.05, 0) is 25.0 Å². The number of rotatable bonds is 3. The maximum atomic E-state index is 11.1. The first-order chi connectivity index (χ1) is 7.09. The Labute approximate surface area is 89.0 Å². The van der Waals surface area contributed by atoms with E-state index in [0.29, 0.717) is 0 Å². The van der Waals surface area contributed by atoms with Crippen LogP contribution in [0.15, 0.2) is 36.1 Å². The van der Waals surface area contributed by atoms with Crippen molar-refractivity contribution in [3.63, 3.8) is 0 Å². The molecule has 0 bridgehead atoms. The van der Waals surface area contributed by atoms with Gasteiger partial charge >= 0.3 is 5.97 Å². The largest absolute Gasteiger partial charge is 0.512 e. The maximum absolute atomic E-state index is 11.1. The smallest absolute Gasteiger partial charge is 0.334 e. The summed E-state index contributed by atoms with van der Waals surface area (Å²) in [6.07, 6.45) is 1.05. The quantitative estimate of drug-likeness (QED) is 0.469. The van der Waals surface area contributed by atoms with Crippen LogP contribution in [0.25, 0.3) is 0 Å². The summed E-state index contributed by atoms with van der Waals surface area (Å²) < 4.78 is 4.94. The molecule has 0 saturated carbocycles. The van der Waals surface area contributed by atoms with E-state index in [4.69, 9.17) is 9.84 Å². The first kappa shape index (κ1) is 11.3. The lowest BCUT2D eigenvalue weighted by Gasteiger charge is -2.05. The molecule has 3 nitrogen and oxygen atoms in total. The molecule has 3 heteroatoms. The summed E-state index contributed by atoms with van der Waals surface area (Å²) in [5.74, 6) is -0.581. The van der Waals surface area contributed by atoms with E-state index in [9.17, 15) is 4.79 Å². The van der Waals surface area contributed by atoms with Crippen LogP contribution in [0, 0.1) is 6.92 Å². The molecule has 0 aliphatic rings. The van der Waals surface area contributed by atoms with Crippen LogP contribution in [0.4, 0.5) is 0 Å². The zero-order valence-electron chi connectivity index (χ0n) is 8.86. The van der Waals surface area contributed by atoms with Gasteiger partial charge in [-0.15, -0.1) is 0 Å². The molecular formula is C12H14O3. The first-order valence-corrected chi connectivity index (χ1v) is 4.68. The van der Waals surface area contributed by atoms with Gasteiger partial charge in [0.25, 0.3) is 0 Å². The number of carbonyl (C=O) groups is 1. The Morgan fingerprint density at radius 3 is 2.73 bits per heavy atom. The predicted octanol–water partition coefficient (Wildman–Crippen LogP) is 2.50. The Hall–Kier alpha value is -1.77. The Morgan fingerprint density at radius 2 is 2.13 bits per heavy atom. The molecule has 1 aromatic rings. The van der Waals surface area contributed by atoms with E-state index < -0.39 is 5.97 Å². The topological polar surface area (TPSA) is 46.5 Å². The third-order valence-corrected chi connectivity index (χ3v) is 1.96. The number of ether oxygens (including phenoxy) is 1. The summed E-state index contributed by atoms with van der Waals surface area (Å²) in [7, 11) is 0. The van der Waals surface area contributed by atoms with Crippen molar-refractivity contribution in [3.05, 3.63) is 47.2 Å². The molecule has 0 spiro atoms. The van der Waals surface area contributed by atoms with Crippen LogP contribution in [0.5, 0.6) is 0 Å². The molecule has 0 saturated heterocycles. The van der Waals surface area contributed by atoms with Gasteiger partial charge in [-0.25, -0.2) is 4.79 Å². The minimum Gasteiger partial charge on any atom is -0.512 e. The molecule has 0 aromatic heterocycles. The Bertz CT molecular complexity index is 376. The van der Waals surface area contributed by atoms with E-state index in [-0.39, 0.29) is 12.4 Å². The molecule has 1 aromatic carbocycles. The first-order valence-electron chi connectivity index (χ1n) is 4.68. The Kier molecular flexibility index (Phi) is 3.92. The monoisotopic (exact) mass is 206 g/mol. The summed E-state index contributed by atoms with van der Waals surface area (Å²) in [6, 6.07) is 7.68. The highest BCUT2D eigenvalue weighted by Crippen LogP contribution is 2.08. The van der Waals surface area contributed by atoms with Crippen molar-refractivity contribution in [1.29, 1.82) is 0 Å². The third kappa shape index (κ3) is 3.85. The van der Waals surface area contributed by atoms with E-state index in [0.717, 1.165) is 17.2 Å². The molecule has 0 aliphatic carbocycles. The molecule has 1 rings (SSSR count). The predicted molar refractivity (Wildman–Crippen MR) is 57.4 cm³/mol. The molecule has 0 atom stereocenters. The van der Waals surface area contributed by atoms with Crippen molar-refractivity contribution < 1.29 is 14.6 Å². The maximum Gasteiger partial charge on any atom is 0.334 e. The van der Waals surface area contributed by atoms with Crippen molar-refractivity contribution in [2.75, 3.05) is 0 Å². The Morgan fingerprint density at radius 1 is 1.47 bits per heavy atom. The number of benzene rings is 1. The highest BCUT2D eigenvalue weighted by Gasteiger charge is 2.01. The number of esters is 1. The summed E-state index contributed by atoms with van der Waals surface area (Å²) in [4.78, 5) is 11.1. The fourth-order valence-electron chi connectivity index (χ4n) is 1.13. The van der Waals surface area contributed by atoms with Crippen LogP contribution < -0.4 is 0 Å². The second kappa shape index (κ2) is 5.20. The summed E-state index contributed by atoms with van der Waals surface area (Å²) in [6.45, 7) is 3.61. The lowest BCUT2D eigenvalue weighted by atomic mass is 10.1. The van der Waals surface area contributed by atoms with Gasteiger partial charge in [-0.2, -0.15) is 0 Å². The van der Waals surface area contributed by atoms with Gasteiger partial charge in [0.15, 0.2) is 0 Å². The third-order valence-electron chi connectivity index (χ3n) is 1.96. The zero-order chi connectivity index (χ0) is 11.3. The SMILES string of the molecule is C/C(O)=C/C(=O)OCc1ccccc1C. The van der Waals surface area contributed by atoms with Gasteiger partial charge in [0, 0.05) is 0 Å². The summed E-state index contributed by atoms with van der Waals surface area (Å²) >= 11 is 0. The molecule has 0 radical (unpaired) electrons. The van der Waals surface area contributed by atoms with Gasteiger partial charge in [0.1, 0.15) is 6.61 Å². The molecule has 0 unspecified atom stereocenters. The summed E-state index contributed by atoms with van der Waals surface area (Å²) in [5, 5.41) is 8.83. The van der Waals surface area contributed by atoms with Crippen molar-refractivity contribution in [1.82, 2.24) is 0 Å².